The summed E-state index contributed by atoms with van der Waals surface area (Å²) < 4.78 is 33.6. The zero-order valence-electron chi connectivity index (χ0n) is 16.8. The zero-order valence-corrected chi connectivity index (χ0v) is 17.7. The number of anilines is 1. The topological polar surface area (TPSA) is 84.1 Å². The molecule has 6 nitrogen and oxygen atoms in total. The van der Waals surface area contributed by atoms with Crippen LogP contribution in [0.4, 0.5) is 5.69 Å². The summed E-state index contributed by atoms with van der Waals surface area (Å²) in [6, 6.07) is 17.7. The molecule has 2 aromatic carbocycles. The van der Waals surface area contributed by atoms with E-state index in [-0.39, 0.29) is 0 Å². The summed E-state index contributed by atoms with van der Waals surface area (Å²) in [7, 11) is -1.76. The molecule has 0 amide bonds. The maximum Gasteiger partial charge on any atom is 0.229 e. The number of hydrogen-bond acceptors (Lipinski definition) is 4. The third-order valence-corrected chi connectivity index (χ3v) is 5.94. The highest BCUT2D eigenvalue weighted by molar-refractivity contribution is 7.92. The first-order valence-corrected chi connectivity index (χ1v) is 11.3. The monoisotopic (exact) mass is 411 g/mol. The van der Waals surface area contributed by atoms with E-state index in [9.17, 15) is 13.7 Å². The van der Waals surface area contributed by atoms with Gasteiger partial charge in [0.1, 0.15) is 5.75 Å². The molecule has 29 heavy (non-hydrogen) atoms. The Morgan fingerprint density at radius 2 is 1.90 bits per heavy atom. The summed E-state index contributed by atoms with van der Waals surface area (Å²) >= 11 is 0. The minimum atomic E-state index is -3.39. The van der Waals surface area contributed by atoms with Crippen LogP contribution in [0.1, 0.15) is 31.7 Å². The first-order valence-electron chi connectivity index (χ1n) is 9.44. The van der Waals surface area contributed by atoms with Crippen molar-refractivity contribution in [2.45, 2.75) is 31.7 Å². The fraction of sp³-hybridized carbons (Fsp3) is 0.318. The zero-order chi connectivity index (χ0) is 21.1. The van der Waals surface area contributed by atoms with Gasteiger partial charge in [0.25, 0.3) is 0 Å². The molecular weight excluding hydrogens is 386 g/mol. The van der Waals surface area contributed by atoms with Gasteiger partial charge in [0, 0.05) is 18.0 Å². The third kappa shape index (κ3) is 4.08. The molecule has 0 aliphatic carbocycles. The van der Waals surface area contributed by atoms with Gasteiger partial charge in [-0.1, -0.05) is 25.1 Å². The van der Waals surface area contributed by atoms with E-state index in [1.54, 1.807) is 13.2 Å². The molecule has 1 aromatic heterocycles. The predicted molar refractivity (Wildman–Crippen MR) is 116 cm³/mol. The Kier molecular flexibility index (Phi) is 5.85. The highest BCUT2D eigenvalue weighted by Gasteiger charge is 2.33. The van der Waals surface area contributed by atoms with Crippen LogP contribution < -0.4 is 9.46 Å². The van der Waals surface area contributed by atoms with E-state index in [1.165, 1.54) is 0 Å². The van der Waals surface area contributed by atoms with Crippen molar-refractivity contribution in [1.82, 2.24) is 4.57 Å². The fourth-order valence-corrected chi connectivity index (χ4v) is 4.53. The van der Waals surface area contributed by atoms with Crippen LogP contribution in [0.2, 0.25) is 0 Å². The van der Waals surface area contributed by atoms with Crippen molar-refractivity contribution in [2.24, 2.45) is 0 Å². The number of rotatable bonds is 8. The largest absolute Gasteiger partial charge is 0.497 e. The second-order valence-corrected chi connectivity index (χ2v) is 8.82. The van der Waals surface area contributed by atoms with Crippen molar-refractivity contribution in [1.29, 1.82) is 5.26 Å². The normalized spacial score (nSPS) is 13.6. The highest BCUT2D eigenvalue weighted by Crippen LogP contribution is 2.39. The lowest BCUT2D eigenvalue weighted by Crippen LogP contribution is -2.33. The number of fused-ring (bicyclic) bond motifs is 1. The summed E-state index contributed by atoms with van der Waals surface area (Å²) in [5.41, 5.74) is 2.10. The van der Waals surface area contributed by atoms with Crippen LogP contribution in [0.25, 0.3) is 10.9 Å². The minimum Gasteiger partial charge on any atom is -0.497 e. The molecule has 152 valence electrons. The Morgan fingerprint density at radius 3 is 2.48 bits per heavy atom. The number of nitrogens with zero attached hydrogens (tertiary/aromatic N) is 2. The Balaban J connectivity index is 2.21. The van der Waals surface area contributed by atoms with Gasteiger partial charge >= 0.3 is 0 Å². The summed E-state index contributed by atoms with van der Waals surface area (Å²) in [6.45, 7) is 2.10. The Labute approximate surface area is 171 Å². The molecule has 0 aliphatic heterocycles. The van der Waals surface area contributed by atoms with E-state index < -0.39 is 15.6 Å². The van der Waals surface area contributed by atoms with Crippen LogP contribution in [-0.4, -0.2) is 26.4 Å². The first-order chi connectivity index (χ1) is 13.8. The van der Waals surface area contributed by atoms with Crippen molar-refractivity contribution >= 4 is 26.6 Å². The van der Waals surface area contributed by atoms with E-state index in [2.05, 4.69) is 22.3 Å². The van der Waals surface area contributed by atoms with E-state index >= 15 is 0 Å². The molecule has 1 N–H and O–H groups in total. The van der Waals surface area contributed by atoms with Crippen LogP contribution in [0.15, 0.2) is 54.7 Å². The molecule has 0 saturated carbocycles. The second-order valence-electron chi connectivity index (χ2n) is 7.07. The van der Waals surface area contributed by atoms with Crippen molar-refractivity contribution in [3.63, 3.8) is 0 Å². The molecular formula is C22H25N3O3S. The van der Waals surface area contributed by atoms with Crippen LogP contribution in [0.3, 0.4) is 0 Å². The lowest BCUT2D eigenvalue weighted by atomic mass is 9.82. The fourth-order valence-electron chi connectivity index (χ4n) is 3.95. The maximum atomic E-state index is 11.8. The average molecular weight is 412 g/mol. The van der Waals surface area contributed by atoms with Gasteiger partial charge in [0.15, 0.2) is 0 Å². The molecule has 0 fully saturated rings. The van der Waals surface area contributed by atoms with Crippen molar-refractivity contribution in [3.8, 4) is 11.8 Å². The van der Waals surface area contributed by atoms with Gasteiger partial charge in [-0.3, -0.25) is 4.72 Å². The molecule has 3 rings (SSSR count). The van der Waals surface area contributed by atoms with Gasteiger partial charge in [-0.05, 0) is 48.7 Å². The summed E-state index contributed by atoms with van der Waals surface area (Å²) in [5.74, 6) is 0.774. The summed E-state index contributed by atoms with van der Waals surface area (Å²) in [4.78, 5) is 0. The Morgan fingerprint density at radius 1 is 1.17 bits per heavy atom. The van der Waals surface area contributed by atoms with Gasteiger partial charge in [-0.15, -0.1) is 0 Å². The van der Waals surface area contributed by atoms with Gasteiger partial charge in [0.05, 0.1) is 36.2 Å². The number of sulfonamides is 1. The number of hydrogen-bond donors (Lipinski definition) is 1. The quantitative estimate of drug-likeness (QED) is 0.592. The third-order valence-electron chi connectivity index (χ3n) is 5.35. The predicted octanol–water partition coefficient (Wildman–Crippen LogP) is 4.48. The summed E-state index contributed by atoms with van der Waals surface area (Å²) in [5, 5.41) is 10.1. The Bertz CT molecular complexity index is 1140. The van der Waals surface area contributed by atoms with Gasteiger partial charge in [-0.25, -0.2) is 8.42 Å². The molecule has 7 heteroatoms. The van der Waals surface area contributed by atoms with Gasteiger partial charge in [-0.2, -0.15) is 5.26 Å². The molecule has 0 spiro atoms. The number of methoxy groups -OCH3 is 1. The molecule has 1 atom stereocenters. The lowest BCUT2D eigenvalue weighted by Gasteiger charge is -2.36. The SMILES string of the molecule is CCC(CCC#N)(c1ccc(OC)cc1)n1ccc2c(NS(C)(=O)=O)cccc21. The number of nitriles is 1. The molecule has 0 radical (unpaired) electrons. The van der Waals surface area contributed by atoms with Gasteiger partial charge < -0.3 is 9.30 Å². The van der Waals surface area contributed by atoms with Crippen LogP contribution in [0.5, 0.6) is 5.75 Å². The lowest BCUT2D eigenvalue weighted by molar-refractivity contribution is 0.328. The number of benzene rings is 2. The minimum absolute atomic E-state index is 0.404. The van der Waals surface area contributed by atoms with E-state index in [0.717, 1.165) is 34.9 Å². The standard InChI is InChI=1S/C22H25N3O3S/c1-4-22(14-6-15-23,17-9-11-18(28-2)12-10-17)25-16-13-19-20(24-29(3,26)27)7-5-8-21(19)25/h5,7-13,16,24H,4,6,14H2,1-3H3. The number of ether oxygens (including phenoxy) is 1. The molecule has 3 aromatic rings. The van der Waals surface area contributed by atoms with Crippen LogP contribution >= 0.6 is 0 Å². The van der Waals surface area contributed by atoms with Crippen molar-refractivity contribution in [3.05, 3.63) is 60.3 Å². The average Bonchev–Trinajstić information content (AvgIpc) is 3.14. The molecule has 1 heterocycles. The second kappa shape index (κ2) is 8.18. The van der Waals surface area contributed by atoms with Crippen molar-refractivity contribution in [2.75, 3.05) is 18.1 Å². The molecule has 0 bridgehead atoms. The van der Waals surface area contributed by atoms with E-state index in [1.807, 2.05) is 48.7 Å². The molecule has 0 saturated heterocycles. The molecule has 1 unspecified atom stereocenters. The molecule has 0 aliphatic rings. The van der Waals surface area contributed by atoms with E-state index in [4.69, 9.17) is 4.74 Å². The smallest absolute Gasteiger partial charge is 0.229 e. The van der Waals surface area contributed by atoms with E-state index in [0.29, 0.717) is 18.5 Å². The first kappa shape index (κ1) is 20.7. The number of nitrogens with one attached hydrogen (secondary N) is 1. The maximum absolute atomic E-state index is 11.8. The highest BCUT2D eigenvalue weighted by atomic mass is 32.2. The van der Waals surface area contributed by atoms with Gasteiger partial charge in [0.2, 0.25) is 10.0 Å². The summed E-state index contributed by atoms with van der Waals surface area (Å²) in [6.07, 6.45) is 4.93. The van der Waals surface area contributed by atoms with Crippen LogP contribution in [-0.2, 0) is 15.6 Å². The van der Waals surface area contributed by atoms with Crippen LogP contribution in [0, 0.1) is 11.3 Å². The Hall–Kier alpha value is -2.98. The number of aromatic nitrogens is 1. The van der Waals surface area contributed by atoms with Crippen molar-refractivity contribution < 1.29 is 13.2 Å².